The molecule has 0 saturated heterocycles. The number of furan rings is 1. The van der Waals surface area contributed by atoms with Gasteiger partial charge in [-0.05, 0) is 53.4 Å². The van der Waals surface area contributed by atoms with Gasteiger partial charge in [-0.2, -0.15) is 4.68 Å². The molecule has 27 heavy (non-hydrogen) atoms. The summed E-state index contributed by atoms with van der Waals surface area (Å²) in [7, 11) is 0. The van der Waals surface area contributed by atoms with E-state index in [0.717, 1.165) is 5.69 Å². The van der Waals surface area contributed by atoms with E-state index in [9.17, 15) is 9.59 Å². The maximum Gasteiger partial charge on any atom is 0.286 e. The molecule has 10 heteroatoms. The van der Waals surface area contributed by atoms with Gasteiger partial charge in [-0.3, -0.25) is 9.59 Å². The van der Waals surface area contributed by atoms with Crippen molar-refractivity contribution in [3.63, 3.8) is 0 Å². The summed E-state index contributed by atoms with van der Waals surface area (Å²) < 4.78 is 6.60. The SMILES string of the molecule is CSc1nnnn1-c1cccc(NC(=O)CCCNC(=O)c2ccco2)c1. The van der Waals surface area contributed by atoms with Gasteiger partial charge in [0.25, 0.3) is 5.91 Å². The maximum atomic E-state index is 12.1. The molecule has 0 atom stereocenters. The van der Waals surface area contributed by atoms with Crippen molar-refractivity contribution in [3.05, 3.63) is 48.4 Å². The number of carbonyl (C=O) groups excluding carboxylic acids is 2. The van der Waals surface area contributed by atoms with Crippen LogP contribution in [0.5, 0.6) is 0 Å². The molecule has 0 saturated carbocycles. The van der Waals surface area contributed by atoms with E-state index in [1.165, 1.54) is 18.0 Å². The number of nitrogens with zero attached hydrogens (tertiary/aromatic N) is 4. The zero-order chi connectivity index (χ0) is 19.1. The Hall–Kier alpha value is -3.14. The molecule has 2 amide bonds. The fourth-order valence-electron chi connectivity index (χ4n) is 2.35. The number of tetrazole rings is 1. The van der Waals surface area contributed by atoms with Gasteiger partial charge >= 0.3 is 0 Å². The number of hydrogen-bond donors (Lipinski definition) is 2. The molecule has 2 heterocycles. The Bertz CT molecular complexity index is 909. The lowest BCUT2D eigenvalue weighted by Crippen LogP contribution is -2.25. The second-order valence-electron chi connectivity index (χ2n) is 5.51. The molecule has 9 nitrogen and oxygen atoms in total. The van der Waals surface area contributed by atoms with Gasteiger partial charge in [-0.25, -0.2) is 0 Å². The highest BCUT2D eigenvalue weighted by atomic mass is 32.2. The number of thioether (sulfide) groups is 1. The first-order chi connectivity index (χ1) is 13.2. The van der Waals surface area contributed by atoms with E-state index < -0.39 is 0 Å². The predicted molar refractivity (Wildman–Crippen MR) is 99.8 cm³/mol. The standard InChI is InChI=1S/C17H18N6O3S/c1-27-17-20-21-22-23(17)13-6-2-5-12(11-13)19-15(24)8-3-9-18-16(25)14-7-4-10-26-14/h2,4-7,10-11H,3,8-9H2,1H3,(H,18,25)(H,19,24). The van der Waals surface area contributed by atoms with Crippen LogP contribution in [0.25, 0.3) is 5.69 Å². The average Bonchev–Trinajstić information content (AvgIpc) is 3.36. The summed E-state index contributed by atoms with van der Waals surface area (Å²) in [5.74, 6) is -0.177. The number of nitrogens with one attached hydrogen (secondary N) is 2. The Kier molecular flexibility index (Phi) is 6.21. The van der Waals surface area contributed by atoms with E-state index in [4.69, 9.17) is 4.42 Å². The molecule has 0 aliphatic carbocycles. The summed E-state index contributed by atoms with van der Waals surface area (Å²) in [6, 6.07) is 10.5. The molecule has 2 N–H and O–H groups in total. The van der Waals surface area contributed by atoms with Gasteiger partial charge in [0.1, 0.15) is 0 Å². The zero-order valence-corrected chi connectivity index (χ0v) is 15.4. The van der Waals surface area contributed by atoms with Crippen LogP contribution in [0.3, 0.4) is 0 Å². The van der Waals surface area contributed by atoms with E-state index in [2.05, 4.69) is 26.2 Å². The first-order valence-electron chi connectivity index (χ1n) is 8.22. The van der Waals surface area contributed by atoms with Crippen molar-refractivity contribution in [2.45, 2.75) is 18.0 Å². The second-order valence-corrected chi connectivity index (χ2v) is 6.29. The second kappa shape index (κ2) is 8.99. The van der Waals surface area contributed by atoms with Crippen LogP contribution < -0.4 is 10.6 Å². The van der Waals surface area contributed by atoms with Crippen molar-refractivity contribution in [1.82, 2.24) is 25.5 Å². The molecule has 2 aromatic heterocycles. The van der Waals surface area contributed by atoms with Crippen LogP contribution in [-0.4, -0.2) is 44.8 Å². The Morgan fingerprint density at radius 2 is 2.15 bits per heavy atom. The van der Waals surface area contributed by atoms with Gasteiger partial charge in [0.2, 0.25) is 11.1 Å². The lowest BCUT2D eigenvalue weighted by atomic mass is 10.2. The smallest absolute Gasteiger partial charge is 0.286 e. The number of carbonyl (C=O) groups is 2. The van der Waals surface area contributed by atoms with E-state index >= 15 is 0 Å². The van der Waals surface area contributed by atoms with Crippen LogP contribution in [0.2, 0.25) is 0 Å². The van der Waals surface area contributed by atoms with Gasteiger partial charge in [0.15, 0.2) is 5.76 Å². The lowest BCUT2D eigenvalue weighted by molar-refractivity contribution is -0.116. The van der Waals surface area contributed by atoms with E-state index in [0.29, 0.717) is 23.8 Å². The van der Waals surface area contributed by atoms with Gasteiger partial charge in [-0.1, -0.05) is 17.8 Å². The molecule has 0 unspecified atom stereocenters. The summed E-state index contributed by atoms with van der Waals surface area (Å²) in [6.07, 6.45) is 4.12. The number of aromatic nitrogens is 4. The Morgan fingerprint density at radius 1 is 1.26 bits per heavy atom. The fourth-order valence-corrected chi connectivity index (χ4v) is 2.79. The molecule has 0 bridgehead atoms. The largest absolute Gasteiger partial charge is 0.459 e. The summed E-state index contributed by atoms with van der Waals surface area (Å²) in [5, 5.41) is 17.7. The van der Waals surface area contributed by atoms with E-state index in [-0.39, 0.29) is 24.0 Å². The molecule has 3 rings (SSSR count). The van der Waals surface area contributed by atoms with Crippen LogP contribution in [0.4, 0.5) is 5.69 Å². The number of amides is 2. The van der Waals surface area contributed by atoms with Crippen LogP contribution in [0.15, 0.2) is 52.2 Å². The zero-order valence-electron chi connectivity index (χ0n) is 14.6. The number of benzene rings is 1. The molecular weight excluding hydrogens is 368 g/mol. The third-order valence-electron chi connectivity index (χ3n) is 3.61. The first kappa shape index (κ1) is 18.6. The minimum absolute atomic E-state index is 0.138. The molecule has 1 aromatic carbocycles. The molecule has 140 valence electrons. The average molecular weight is 386 g/mol. The van der Waals surface area contributed by atoms with Crippen LogP contribution in [0.1, 0.15) is 23.4 Å². The molecule has 0 aliphatic heterocycles. The topological polar surface area (TPSA) is 115 Å². The molecule has 3 aromatic rings. The quantitative estimate of drug-likeness (QED) is 0.450. The van der Waals surface area contributed by atoms with Gasteiger partial charge < -0.3 is 15.1 Å². The van der Waals surface area contributed by atoms with E-state index in [1.807, 2.05) is 18.4 Å². The third kappa shape index (κ3) is 4.94. The molecule has 0 spiro atoms. The van der Waals surface area contributed by atoms with Gasteiger partial charge in [0, 0.05) is 18.7 Å². The van der Waals surface area contributed by atoms with Crippen molar-refractivity contribution in [2.24, 2.45) is 0 Å². The first-order valence-corrected chi connectivity index (χ1v) is 9.44. The Balaban J connectivity index is 1.48. The van der Waals surface area contributed by atoms with E-state index in [1.54, 1.807) is 28.9 Å². The van der Waals surface area contributed by atoms with Crippen molar-refractivity contribution in [2.75, 3.05) is 18.1 Å². The number of rotatable bonds is 8. The summed E-state index contributed by atoms with van der Waals surface area (Å²) >= 11 is 1.43. The monoisotopic (exact) mass is 386 g/mol. The van der Waals surface area contributed by atoms with Crippen LogP contribution >= 0.6 is 11.8 Å². The summed E-state index contributed by atoms with van der Waals surface area (Å²) in [6.45, 7) is 0.384. The van der Waals surface area contributed by atoms with Gasteiger partial charge in [-0.15, -0.1) is 5.10 Å². The predicted octanol–water partition coefficient (Wildman–Crippen LogP) is 2.13. The summed E-state index contributed by atoms with van der Waals surface area (Å²) in [4.78, 5) is 23.8. The molecule has 0 radical (unpaired) electrons. The van der Waals surface area contributed by atoms with Crippen molar-refractivity contribution < 1.29 is 14.0 Å². The Morgan fingerprint density at radius 3 is 2.93 bits per heavy atom. The molecule has 0 fully saturated rings. The minimum atomic E-state index is -0.292. The highest BCUT2D eigenvalue weighted by Crippen LogP contribution is 2.18. The number of anilines is 1. The van der Waals surface area contributed by atoms with Crippen molar-refractivity contribution >= 4 is 29.3 Å². The lowest BCUT2D eigenvalue weighted by Gasteiger charge is -2.08. The molecular formula is C17H18N6O3S. The van der Waals surface area contributed by atoms with Crippen LogP contribution in [-0.2, 0) is 4.79 Å². The van der Waals surface area contributed by atoms with Crippen LogP contribution in [0, 0.1) is 0 Å². The Labute approximate surface area is 159 Å². The van der Waals surface area contributed by atoms with Crippen molar-refractivity contribution in [3.8, 4) is 5.69 Å². The highest BCUT2D eigenvalue weighted by molar-refractivity contribution is 7.98. The maximum absolute atomic E-state index is 12.1. The number of hydrogen-bond acceptors (Lipinski definition) is 7. The highest BCUT2D eigenvalue weighted by Gasteiger charge is 2.10. The summed E-state index contributed by atoms with van der Waals surface area (Å²) in [5.41, 5.74) is 1.41. The minimum Gasteiger partial charge on any atom is -0.459 e. The normalized spacial score (nSPS) is 10.6. The fraction of sp³-hybridized carbons (Fsp3) is 0.235. The van der Waals surface area contributed by atoms with Gasteiger partial charge in [0.05, 0.1) is 12.0 Å². The molecule has 0 aliphatic rings. The van der Waals surface area contributed by atoms with Crippen molar-refractivity contribution in [1.29, 1.82) is 0 Å². The third-order valence-corrected chi connectivity index (χ3v) is 4.23.